The molecule has 158 valence electrons. The molecule has 2 N–H and O–H groups in total. The molecule has 1 aromatic rings. The number of carbonyl (C=O) groups is 3. The molecule has 4 aliphatic carbocycles. The normalized spacial score (nSPS) is 30.8. The lowest BCUT2D eigenvalue weighted by molar-refractivity contribution is -0.128. The van der Waals surface area contributed by atoms with Gasteiger partial charge in [0.15, 0.2) is 12.4 Å². The van der Waals surface area contributed by atoms with Gasteiger partial charge in [-0.25, -0.2) is 4.79 Å². The van der Waals surface area contributed by atoms with Gasteiger partial charge in [-0.3, -0.25) is 9.59 Å². The number of hydrogen-bond donors (Lipinski definition) is 2. The minimum Gasteiger partial charge on any atom is -0.451 e. The van der Waals surface area contributed by atoms with E-state index < -0.39 is 5.97 Å². The Labute approximate surface area is 172 Å². The Bertz CT molecular complexity index is 818. The van der Waals surface area contributed by atoms with Crippen LogP contribution in [0.15, 0.2) is 0 Å². The molecule has 5 rings (SSSR count). The molecule has 0 aliphatic heterocycles. The molecule has 4 fully saturated rings. The van der Waals surface area contributed by atoms with Crippen LogP contribution in [0.25, 0.3) is 0 Å². The quantitative estimate of drug-likeness (QED) is 0.563. The predicted molar refractivity (Wildman–Crippen MR) is 109 cm³/mol. The van der Waals surface area contributed by atoms with Gasteiger partial charge in [-0.15, -0.1) is 0 Å². The summed E-state index contributed by atoms with van der Waals surface area (Å²) in [5.74, 6) is 1.52. The summed E-state index contributed by atoms with van der Waals surface area (Å²) in [5.41, 5.74) is 2.19. The number of aryl methyl sites for hydroxylation is 1. The Morgan fingerprint density at radius 3 is 2.14 bits per heavy atom. The van der Waals surface area contributed by atoms with Gasteiger partial charge in [-0.1, -0.05) is 0 Å². The van der Waals surface area contributed by atoms with Crippen molar-refractivity contribution in [2.45, 2.75) is 72.3 Å². The summed E-state index contributed by atoms with van der Waals surface area (Å²) in [4.78, 5) is 39.6. The van der Waals surface area contributed by atoms with E-state index in [2.05, 4.69) is 17.2 Å². The highest BCUT2D eigenvalue weighted by molar-refractivity contribution is 6.01. The van der Waals surface area contributed by atoms with Crippen LogP contribution in [0.4, 0.5) is 0 Å². The number of rotatable bonds is 6. The van der Waals surface area contributed by atoms with Gasteiger partial charge in [0.2, 0.25) is 0 Å². The third kappa shape index (κ3) is 3.62. The third-order valence-electron chi connectivity index (χ3n) is 7.71. The molecule has 6 heteroatoms. The van der Waals surface area contributed by atoms with Crippen LogP contribution in [0.5, 0.6) is 0 Å². The Morgan fingerprint density at radius 2 is 1.66 bits per heavy atom. The van der Waals surface area contributed by atoms with E-state index in [1.807, 2.05) is 0 Å². The molecular formula is C23H32N2O4. The van der Waals surface area contributed by atoms with Gasteiger partial charge in [0, 0.05) is 17.3 Å². The highest BCUT2D eigenvalue weighted by Crippen LogP contribution is 2.61. The second-order valence-electron chi connectivity index (χ2n) is 9.83. The van der Waals surface area contributed by atoms with Crippen LogP contribution in [0.2, 0.25) is 0 Å². The van der Waals surface area contributed by atoms with E-state index in [-0.39, 0.29) is 35.4 Å². The highest BCUT2D eigenvalue weighted by atomic mass is 16.5. The molecule has 1 heterocycles. The van der Waals surface area contributed by atoms with Gasteiger partial charge in [-0.05, 0) is 95.0 Å². The number of ketones is 1. The van der Waals surface area contributed by atoms with Crippen LogP contribution in [-0.2, 0) is 9.53 Å². The maximum atomic E-state index is 12.5. The standard InChI is InChI=1S/C23H32N2O4/c1-12-20(14(3)26)13(2)24-21(12)22(28)29-11-19(27)25-15(4)23-8-16-5-17(9-23)7-18(6-16)10-23/h15-18,24H,5-11H2,1-4H3,(H,25,27)/t15-,16?,17?,18?,23?/m0/s1. The van der Waals surface area contributed by atoms with Crippen molar-refractivity contribution in [1.82, 2.24) is 10.3 Å². The first-order valence-corrected chi connectivity index (χ1v) is 10.8. The second kappa shape index (κ2) is 7.29. The minimum absolute atomic E-state index is 0.0980. The zero-order valence-electron chi connectivity index (χ0n) is 17.9. The van der Waals surface area contributed by atoms with E-state index >= 15 is 0 Å². The number of ether oxygens (including phenoxy) is 1. The van der Waals surface area contributed by atoms with Crippen molar-refractivity contribution in [3.8, 4) is 0 Å². The minimum atomic E-state index is -0.601. The molecule has 0 radical (unpaired) electrons. The van der Waals surface area contributed by atoms with Gasteiger partial charge in [0.25, 0.3) is 5.91 Å². The molecule has 1 amide bonds. The zero-order chi connectivity index (χ0) is 20.9. The van der Waals surface area contributed by atoms with Gasteiger partial charge < -0.3 is 15.0 Å². The number of carbonyl (C=O) groups excluding carboxylic acids is 3. The van der Waals surface area contributed by atoms with Crippen LogP contribution < -0.4 is 5.32 Å². The largest absolute Gasteiger partial charge is 0.451 e. The predicted octanol–water partition coefficient (Wildman–Crippen LogP) is 3.71. The molecule has 6 nitrogen and oxygen atoms in total. The number of esters is 1. The van der Waals surface area contributed by atoms with Crippen molar-refractivity contribution >= 4 is 17.7 Å². The molecule has 4 saturated carbocycles. The number of amides is 1. The fourth-order valence-corrected chi connectivity index (χ4v) is 6.83. The number of aromatic nitrogens is 1. The number of aromatic amines is 1. The Kier molecular flexibility index (Phi) is 5.07. The molecule has 4 aliphatic rings. The molecule has 29 heavy (non-hydrogen) atoms. The summed E-state index contributed by atoms with van der Waals surface area (Å²) in [6.45, 7) is 6.75. The lowest BCUT2D eigenvalue weighted by atomic mass is 9.48. The first-order chi connectivity index (χ1) is 13.7. The van der Waals surface area contributed by atoms with E-state index in [0.29, 0.717) is 16.8 Å². The van der Waals surface area contributed by atoms with Crippen LogP contribution in [-0.4, -0.2) is 35.3 Å². The lowest BCUT2D eigenvalue weighted by Crippen LogP contribution is -2.56. The first-order valence-electron chi connectivity index (χ1n) is 10.8. The summed E-state index contributed by atoms with van der Waals surface area (Å²) >= 11 is 0. The van der Waals surface area contributed by atoms with Crippen molar-refractivity contribution in [2.75, 3.05) is 6.61 Å². The maximum Gasteiger partial charge on any atom is 0.355 e. The van der Waals surface area contributed by atoms with Crippen molar-refractivity contribution < 1.29 is 19.1 Å². The molecule has 0 aromatic carbocycles. The van der Waals surface area contributed by atoms with E-state index in [4.69, 9.17) is 4.74 Å². The van der Waals surface area contributed by atoms with Crippen LogP contribution in [0.3, 0.4) is 0 Å². The number of Topliss-reactive ketones (excluding diaryl/α,β-unsaturated/α-hetero) is 1. The van der Waals surface area contributed by atoms with Crippen LogP contribution >= 0.6 is 0 Å². The molecular weight excluding hydrogens is 368 g/mol. The van der Waals surface area contributed by atoms with E-state index in [1.165, 1.54) is 45.4 Å². The smallest absolute Gasteiger partial charge is 0.355 e. The van der Waals surface area contributed by atoms with Gasteiger partial charge in [0.1, 0.15) is 5.69 Å². The Hall–Kier alpha value is -2.11. The summed E-state index contributed by atoms with van der Waals surface area (Å²) < 4.78 is 5.25. The topological polar surface area (TPSA) is 88.3 Å². The number of hydrogen-bond acceptors (Lipinski definition) is 4. The van der Waals surface area contributed by atoms with Crippen LogP contribution in [0, 0.1) is 37.0 Å². The summed E-state index contributed by atoms with van der Waals surface area (Å²) in [6.07, 6.45) is 7.76. The van der Waals surface area contributed by atoms with Crippen molar-refractivity contribution in [3.05, 3.63) is 22.5 Å². The summed E-state index contributed by atoms with van der Waals surface area (Å²) in [6, 6.07) is 0.0980. The summed E-state index contributed by atoms with van der Waals surface area (Å²) in [5, 5.41) is 3.11. The van der Waals surface area contributed by atoms with Crippen molar-refractivity contribution in [1.29, 1.82) is 0 Å². The van der Waals surface area contributed by atoms with Gasteiger partial charge >= 0.3 is 5.97 Å². The average Bonchev–Trinajstić information content (AvgIpc) is 2.93. The summed E-state index contributed by atoms with van der Waals surface area (Å²) in [7, 11) is 0. The van der Waals surface area contributed by atoms with E-state index in [0.717, 1.165) is 17.8 Å². The maximum absolute atomic E-state index is 12.5. The van der Waals surface area contributed by atoms with E-state index in [1.54, 1.807) is 13.8 Å². The molecule has 0 unspecified atom stereocenters. The van der Waals surface area contributed by atoms with Crippen LogP contribution in [0.1, 0.15) is 84.5 Å². The fraction of sp³-hybridized carbons (Fsp3) is 0.696. The molecule has 0 spiro atoms. The number of nitrogens with one attached hydrogen (secondary N) is 2. The first kappa shape index (κ1) is 20.2. The van der Waals surface area contributed by atoms with Gasteiger partial charge in [0.05, 0.1) is 0 Å². The SMILES string of the molecule is CC(=O)c1c(C)[nH]c(C(=O)OCC(=O)N[C@@H](C)C23CC4CC(CC(C4)C2)C3)c1C. The zero-order valence-corrected chi connectivity index (χ0v) is 17.9. The molecule has 1 atom stereocenters. The average molecular weight is 401 g/mol. The monoisotopic (exact) mass is 400 g/mol. The number of H-pyrrole nitrogens is 1. The second-order valence-corrected chi connectivity index (χ2v) is 9.83. The third-order valence-corrected chi connectivity index (χ3v) is 7.71. The fourth-order valence-electron chi connectivity index (χ4n) is 6.83. The van der Waals surface area contributed by atoms with Crippen molar-refractivity contribution in [3.63, 3.8) is 0 Å². The Morgan fingerprint density at radius 1 is 1.10 bits per heavy atom. The van der Waals surface area contributed by atoms with Crippen molar-refractivity contribution in [2.24, 2.45) is 23.2 Å². The molecule has 4 bridgehead atoms. The Balaban J connectivity index is 1.34. The van der Waals surface area contributed by atoms with E-state index in [9.17, 15) is 14.4 Å². The highest BCUT2D eigenvalue weighted by Gasteiger charge is 2.53. The lowest BCUT2D eigenvalue weighted by Gasteiger charge is -2.59. The van der Waals surface area contributed by atoms with Gasteiger partial charge in [-0.2, -0.15) is 0 Å². The molecule has 0 saturated heterocycles. The molecule has 1 aromatic heterocycles.